The van der Waals surface area contributed by atoms with E-state index in [1.165, 1.54) is 7.05 Å². The molecule has 1 rings (SSSR count). The summed E-state index contributed by atoms with van der Waals surface area (Å²) in [6.07, 6.45) is -2.47. The first-order chi connectivity index (χ1) is 6.99. The Labute approximate surface area is 86.9 Å². The third-order valence-electron chi connectivity index (χ3n) is 2.91. The van der Waals surface area contributed by atoms with Crippen LogP contribution in [-0.2, 0) is 0 Å². The number of hydrazine groups is 1. The second-order valence-corrected chi connectivity index (χ2v) is 3.86. The zero-order valence-electron chi connectivity index (χ0n) is 8.64. The lowest BCUT2D eigenvalue weighted by atomic mass is 9.80. The third-order valence-corrected chi connectivity index (χ3v) is 2.91. The van der Waals surface area contributed by atoms with Crippen LogP contribution in [0.15, 0.2) is 4.99 Å². The Bertz CT molecular complexity index is 237. The SMILES string of the molecule is CN=C(NN)C1CCCC(C(F)(F)F)C1. The van der Waals surface area contributed by atoms with Gasteiger partial charge in [0.1, 0.15) is 5.84 Å². The van der Waals surface area contributed by atoms with E-state index >= 15 is 0 Å². The molecule has 15 heavy (non-hydrogen) atoms. The molecule has 2 unspecified atom stereocenters. The van der Waals surface area contributed by atoms with Crippen LogP contribution in [0, 0.1) is 11.8 Å². The van der Waals surface area contributed by atoms with Gasteiger partial charge in [-0.2, -0.15) is 13.2 Å². The molecule has 0 aliphatic heterocycles. The number of alkyl halides is 3. The molecule has 3 nitrogen and oxygen atoms in total. The summed E-state index contributed by atoms with van der Waals surface area (Å²) in [7, 11) is 1.53. The molecule has 0 aromatic rings. The number of nitrogens with one attached hydrogen (secondary N) is 1. The van der Waals surface area contributed by atoms with E-state index in [0.29, 0.717) is 12.3 Å². The van der Waals surface area contributed by atoms with E-state index in [2.05, 4.69) is 10.4 Å². The number of hydrogen-bond donors (Lipinski definition) is 2. The summed E-state index contributed by atoms with van der Waals surface area (Å²) >= 11 is 0. The average Bonchev–Trinajstić information content (AvgIpc) is 2.19. The molecule has 88 valence electrons. The summed E-state index contributed by atoms with van der Waals surface area (Å²) in [5.74, 6) is 4.30. The van der Waals surface area contributed by atoms with Crippen molar-refractivity contribution >= 4 is 5.84 Å². The zero-order chi connectivity index (χ0) is 11.5. The number of nitrogens with zero attached hydrogens (tertiary/aromatic N) is 1. The minimum absolute atomic E-state index is 0.0976. The van der Waals surface area contributed by atoms with Crippen LogP contribution in [0.5, 0.6) is 0 Å². The molecule has 0 aromatic heterocycles. The van der Waals surface area contributed by atoms with Gasteiger partial charge in [0.15, 0.2) is 0 Å². The third kappa shape index (κ3) is 3.09. The van der Waals surface area contributed by atoms with E-state index in [4.69, 9.17) is 5.84 Å². The largest absolute Gasteiger partial charge is 0.391 e. The molecule has 3 N–H and O–H groups in total. The first kappa shape index (κ1) is 12.3. The number of hydrogen-bond acceptors (Lipinski definition) is 2. The highest BCUT2D eigenvalue weighted by molar-refractivity contribution is 5.83. The fourth-order valence-corrected chi connectivity index (χ4v) is 2.10. The molecule has 6 heteroatoms. The average molecular weight is 223 g/mol. The predicted octanol–water partition coefficient (Wildman–Crippen LogP) is 1.85. The summed E-state index contributed by atoms with van der Waals surface area (Å²) < 4.78 is 37.5. The highest BCUT2D eigenvalue weighted by Crippen LogP contribution is 2.39. The van der Waals surface area contributed by atoms with Crippen LogP contribution >= 0.6 is 0 Å². The van der Waals surface area contributed by atoms with Crippen LogP contribution in [0.4, 0.5) is 13.2 Å². The molecule has 1 saturated carbocycles. The molecule has 1 aliphatic carbocycles. The molecule has 0 aromatic carbocycles. The normalized spacial score (nSPS) is 29.0. The van der Waals surface area contributed by atoms with Crippen molar-refractivity contribution in [2.45, 2.75) is 31.9 Å². The maximum absolute atomic E-state index is 12.5. The molecule has 0 heterocycles. The van der Waals surface area contributed by atoms with Crippen molar-refractivity contribution in [3.05, 3.63) is 0 Å². The second-order valence-electron chi connectivity index (χ2n) is 3.86. The molecule has 1 fully saturated rings. The van der Waals surface area contributed by atoms with Crippen molar-refractivity contribution in [1.82, 2.24) is 5.43 Å². The number of amidine groups is 1. The summed E-state index contributed by atoms with van der Waals surface area (Å²) in [4.78, 5) is 3.86. The number of rotatable bonds is 1. The quantitative estimate of drug-likeness (QED) is 0.308. The molecular weight excluding hydrogens is 207 g/mol. The Morgan fingerprint density at radius 2 is 2.07 bits per heavy atom. The summed E-state index contributed by atoms with van der Waals surface area (Å²) in [6.45, 7) is 0. The van der Waals surface area contributed by atoms with Crippen molar-refractivity contribution in [3.63, 3.8) is 0 Å². The van der Waals surface area contributed by atoms with Gasteiger partial charge in [0.05, 0.1) is 5.92 Å². The monoisotopic (exact) mass is 223 g/mol. The lowest BCUT2D eigenvalue weighted by molar-refractivity contribution is -0.183. The van der Waals surface area contributed by atoms with Gasteiger partial charge in [0, 0.05) is 13.0 Å². The highest BCUT2D eigenvalue weighted by Gasteiger charge is 2.42. The molecule has 0 amide bonds. The second kappa shape index (κ2) is 4.83. The summed E-state index contributed by atoms with van der Waals surface area (Å²) in [5, 5.41) is 0. The molecular formula is C9H16F3N3. The Kier molecular flexibility index (Phi) is 3.96. The lowest BCUT2D eigenvalue weighted by Gasteiger charge is -2.30. The first-order valence-corrected chi connectivity index (χ1v) is 4.99. The number of nitrogens with two attached hydrogens (primary N) is 1. The zero-order valence-corrected chi connectivity index (χ0v) is 8.64. The van der Waals surface area contributed by atoms with Gasteiger partial charge >= 0.3 is 6.18 Å². The van der Waals surface area contributed by atoms with E-state index in [1.54, 1.807) is 0 Å². The minimum atomic E-state index is -4.09. The van der Waals surface area contributed by atoms with Crippen molar-refractivity contribution < 1.29 is 13.2 Å². The Hall–Kier alpha value is -0.780. The van der Waals surface area contributed by atoms with E-state index in [-0.39, 0.29) is 18.8 Å². The maximum Gasteiger partial charge on any atom is 0.391 e. The van der Waals surface area contributed by atoms with Crippen molar-refractivity contribution in [1.29, 1.82) is 0 Å². The highest BCUT2D eigenvalue weighted by atomic mass is 19.4. The van der Waals surface area contributed by atoms with Crippen molar-refractivity contribution in [3.8, 4) is 0 Å². The van der Waals surface area contributed by atoms with E-state index in [1.807, 2.05) is 0 Å². The van der Waals surface area contributed by atoms with Gasteiger partial charge < -0.3 is 5.43 Å². The minimum Gasteiger partial charge on any atom is -0.312 e. The Morgan fingerprint density at radius 3 is 2.53 bits per heavy atom. The summed E-state index contributed by atoms with van der Waals surface area (Å²) in [5.41, 5.74) is 2.38. The predicted molar refractivity (Wildman–Crippen MR) is 52.2 cm³/mol. The Morgan fingerprint density at radius 1 is 1.40 bits per heavy atom. The van der Waals surface area contributed by atoms with Gasteiger partial charge in [-0.15, -0.1) is 0 Å². The van der Waals surface area contributed by atoms with Gasteiger partial charge in [0.25, 0.3) is 0 Å². The molecule has 0 radical (unpaired) electrons. The van der Waals surface area contributed by atoms with Gasteiger partial charge in [-0.3, -0.25) is 4.99 Å². The van der Waals surface area contributed by atoms with Crippen LogP contribution in [-0.4, -0.2) is 19.1 Å². The van der Waals surface area contributed by atoms with Crippen LogP contribution in [0.2, 0.25) is 0 Å². The number of aliphatic imine (C=N–C) groups is 1. The van der Waals surface area contributed by atoms with Crippen molar-refractivity contribution in [2.24, 2.45) is 22.7 Å². The number of halogens is 3. The molecule has 0 bridgehead atoms. The van der Waals surface area contributed by atoms with Crippen molar-refractivity contribution in [2.75, 3.05) is 7.05 Å². The van der Waals surface area contributed by atoms with E-state index in [0.717, 1.165) is 6.42 Å². The smallest absolute Gasteiger partial charge is 0.312 e. The van der Waals surface area contributed by atoms with Gasteiger partial charge in [0.2, 0.25) is 0 Å². The molecule has 0 spiro atoms. The van der Waals surface area contributed by atoms with Crippen LogP contribution < -0.4 is 11.3 Å². The maximum atomic E-state index is 12.5. The van der Waals surface area contributed by atoms with E-state index in [9.17, 15) is 13.2 Å². The van der Waals surface area contributed by atoms with Gasteiger partial charge in [-0.05, 0) is 19.3 Å². The molecule has 1 aliphatic rings. The lowest BCUT2D eigenvalue weighted by Crippen LogP contribution is -2.40. The fourth-order valence-electron chi connectivity index (χ4n) is 2.10. The van der Waals surface area contributed by atoms with E-state index < -0.39 is 12.1 Å². The van der Waals surface area contributed by atoms with Gasteiger partial charge in [-0.25, -0.2) is 5.84 Å². The van der Waals surface area contributed by atoms with Crippen LogP contribution in [0.25, 0.3) is 0 Å². The Balaban J connectivity index is 2.64. The van der Waals surface area contributed by atoms with Gasteiger partial charge in [-0.1, -0.05) is 6.42 Å². The fraction of sp³-hybridized carbons (Fsp3) is 0.889. The first-order valence-electron chi connectivity index (χ1n) is 4.99. The van der Waals surface area contributed by atoms with Crippen LogP contribution in [0.1, 0.15) is 25.7 Å². The molecule has 0 saturated heterocycles. The standard InChI is InChI=1S/C9H16F3N3/c1-14-8(15-13)6-3-2-4-7(5-6)9(10,11)12/h6-7H,2-5,13H2,1H3,(H,14,15). The summed E-state index contributed by atoms with van der Waals surface area (Å²) in [6, 6.07) is 0. The van der Waals surface area contributed by atoms with Crippen LogP contribution in [0.3, 0.4) is 0 Å². The molecule has 2 atom stereocenters. The topological polar surface area (TPSA) is 50.4 Å².